The first-order chi connectivity index (χ1) is 10.0. The summed E-state index contributed by atoms with van der Waals surface area (Å²) in [6.07, 6.45) is 1.64. The molecule has 0 atom stereocenters. The number of aromatic nitrogens is 4. The topological polar surface area (TPSA) is 114 Å². The Morgan fingerprint density at radius 3 is 2.90 bits per heavy atom. The van der Waals surface area contributed by atoms with Gasteiger partial charge in [-0.1, -0.05) is 5.16 Å². The smallest absolute Gasteiger partial charge is 0.335 e. The highest BCUT2D eigenvalue weighted by atomic mass is 32.2. The van der Waals surface area contributed by atoms with Crippen LogP contribution in [0.1, 0.15) is 12.7 Å². The van der Waals surface area contributed by atoms with Gasteiger partial charge in [-0.15, -0.1) is 11.3 Å². The van der Waals surface area contributed by atoms with Crippen molar-refractivity contribution in [2.45, 2.75) is 18.9 Å². The van der Waals surface area contributed by atoms with E-state index in [9.17, 15) is 8.42 Å². The van der Waals surface area contributed by atoms with E-state index in [1.165, 1.54) is 15.7 Å². The Labute approximate surface area is 124 Å². The Balaban J connectivity index is 2.08. The summed E-state index contributed by atoms with van der Waals surface area (Å²) >= 11 is 1.34. The van der Waals surface area contributed by atoms with Gasteiger partial charge in [0.1, 0.15) is 0 Å². The average molecular weight is 328 g/mol. The number of nitrogens with zero attached hydrogens (tertiary/aromatic N) is 4. The van der Waals surface area contributed by atoms with Gasteiger partial charge in [0.15, 0.2) is 16.6 Å². The summed E-state index contributed by atoms with van der Waals surface area (Å²) in [6, 6.07) is -0.180. The van der Waals surface area contributed by atoms with Crippen molar-refractivity contribution in [2.24, 2.45) is 0 Å². The standard InChI is InChI=1S/C10H12N6O3S2/c1-3-11-7-8(16-4-5-20-10(16)13-7)21(17,18)15-9-12-6(2)14-19-9/h4-5,11H,3H2,1-2H3,(H,12,14,15). The zero-order chi connectivity index (χ0) is 15.0. The van der Waals surface area contributed by atoms with Crippen LogP contribution in [-0.4, -0.2) is 34.5 Å². The van der Waals surface area contributed by atoms with E-state index in [0.717, 1.165) is 0 Å². The van der Waals surface area contributed by atoms with Gasteiger partial charge in [0, 0.05) is 18.1 Å². The van der Waals surface area contributed by atoms with Gasteiger partial charge >= 0.3 is 6.01 Å². The van der Waals surface area contributed by atoms with Crippen LogP contribution in [0.3, 0.4) is 0 Å². The summed E-state index contributed by atoms with van der Waals surface area (Å²) in [4.78, 5) is 8.67. The lowest BCUT2D eigenvalue weighted by Gasteiger charge is -2.06. The van der Waals surface area contributed by atoms with Crippen LogP contribution in [-0.2, 0) is 10.0 Å². The summed E-state index contributed by atoms with van der Waals surface area (Å²) in [7, 11) is -3.91. The number of hydrogen-bond donors (Lipinski definition) is 2. The normalized spacial score (nSPS) is 11.9. The van der Waals surface area contributed by atoms with Crippen LogP contribution in [0.4, 0.5) is 11.8 Å². The molecule has 0 saturated carbocycles. The molecule has 3 aromatic rings. The van der Waals surface area contributed by atoms with Crippen LogP contribution in [0.15, 0.2) is 21.1 Å². The second-order valence-electron chi connectivity index (χ2n) is 4.10. The first-order valence-electron chi connectivity index (χ1n) is 6.04. The van der Waals surface area contributed by atoms with Crippen LogP contribution < -0.4 is 10.0 Å². The van der Waals surface area contributed by atoms with Crippen molar-refractivity contribution >= 4 is 38.2 Å². The van der Waals surface area contributed by atoms with Crippen molar-refractivity contribution in [3.05, 3.63) is 17.4 Å². The number of nitrogens with one attached hydrogen (secondary N) is 2. The third-order valence-electron chi connectivity index (χ3n) is 2.57. The van der Waals surface area contributed by atoms with Gasteiger partial charge < -0.3 is 9.84 Å². The Morgan fingerprint density at radius 2 is 2.24 bits per heavy atom. The Kier molecular flexibility index (Phi) is 3.29. The fraction of sp³-hybridized carbons (Fsp3) is 0.300. The molecule has 21 heavy (non-hydrogen) atoms. The fourth-order valence-corrected chi connectivity index (χ4v) is 3.77. The second-order valence-corrected chi connectivity index (χ2v) is 6.57. The first-order valence-corrected chi connectivity index (χ1v) is 8.40. The number of sulfonamides is 1. The van der Waals surface area contributed by atoms with Crippen molar-refractivity contribution in [3.8, 4) is 0 Å². The second kappa shape index (κ2) is 5.00. The van der Waals surface area contributed by atoms with E-state index in [-0.39, 0.29) is 16.9 Å². The third-order valence-corrected chi connectivity index (χ3v) is 4.67. The van der Waals surface area contributed by atoms with E-state index in [0.29, 0.717) is 17.3 Å². The van der Waals surface area contributed by atoms with Gasteiger partial charge in [-0.2, -0.15) is 13.4 Å². The maximum Gasteiger partial charge on any atom is 0.335 e. The van der Waals surface area contributed by atoms with E-state index in [1.807, 2.05) is 6.92 Å². The molecule has 0 aliphatic carbocycles. The molecule has 0 spiro atoms. The van der Waals surface area contributed by atoms with Crippen molar-refractivity contribution < 1.29 is 12.9 Å². The van der Waals surface area contributed by atoms with Crippen LogP contribution in [0, 0.1) is 6.92 Å². The first kappa shape index (κ1) is 13.8. The van der Waals surface area contributed by atoms with Crippen molar-refractivity contribution in [3.63, 3.8) is 0 Å². The molecule has 0 saturated heterocycles. The highest BCUT2D eigenvalue weighted by Crippen LogP contribution is 2.27. The minimum Gasteiger partial charge on any atom is -0.368 e. The molecule has 0 aliphatic rings. The number of aryl methyl sites for hydroxylation is 1. The molecule has 0 radical (unpaired) electrons. The van der Waals surface area contributed by atoms with Crippen molar-refractivity contribution in [1.82, 2.24) is 19.5 Å². The molecule has 0 amide bonds. The van der Waals surface area contributed by atoms with Crippen LogP contribution in [0.5, 0.6) is 0 Å². The van der Waals surface area contributed by atoms with E-state index >= 15 is 0 Å². The third kappa shape index (κ3) is 2.45. The minimum absolute atomic E-state index is 0.0106. The molecule has 3 rings (SSSR count). The maximum absolute atomic E-state index is 12.5. The van der Waals surface area contributed by atoms with Crippen LogP contribution in [0.2, 0.25) is 0 Å². The lowest BCUT2D eigenvalue weighted by Crippen LogP contribution is -2.17. The fourth-order valence-electron chi connectivity index (χ4n) is 1.81. The van der Waals surface area contributed by atoms with Crippen molar-refractivity contribution in [1.29, 1.82) is 0 Å². The molecule has 2 N–H and O–H groups in total. The zero-order valence-electron chi connectivity index (χ0n) is 11.2. The van der Waals surface area contributed by atoms with E-state index in [4.69, 9.17) is 4.52 Å². The van der Waals surface area contributed by atoms with Crippen LogP contribution >= 0.6 is 11.3 Å². The highest BCUT2D eigenvalue weighted by molar-refractivity contribution is 7.92. The summed E-state index contributed by atoms with van der Waals surface area (Å²) in [6.45, 7) is 4.01. The summed E-state index contributed by atoms with van der Waals surface area (Å²) < 4.78 is 33.6. The zero-order valence-corrected chi connectivity index (χ0v) is 12.8. The molecule has 0 aliphatic heterocycles. The van der Waals surface area contributed by atoms with Gasteiger partial charge in [0.05, 0.1) is 0 Å². The largest absolute Gasteiger partial charge is 0.368 e. The maximum atomic E-state index is 12.5. The molecule has 9 nitrogen and oxygen atoms in total. The molecule has 0 aromatic carbocycles. The number of fused-ring (bicyclic) bond motifs is 1. The SMILES string of the molecule is CCNc1nc2sccn2c1S(=O)(=O)Nc1nc(C)no1. The summed E-state index contributed by atoms with van der Waals surface area (Å²) in [5.41, 5.74) is 0. The predicted molar refractivity (Wildman–Crippen MR) is 77.1 cm³/mol. The highest BCUT2D eigenvalue weighted by Gasteiger charge is 2.27. The Bertz CT molecular complexity index is 878. The molecule has 112 valence electrons. The van der Waals surface area contributed by atoms with Gasteiger partial charge in [0.25, 0.3) is 10.0 Å². The summed E-state index contributed by atoms with van der Waals surface area (Å²) in [5, 5.41) is 8.25. The number of thiazole rings is 1. The molecular formula is C10H12N6O3S2. The average Bonchev–Trinajstić information content (AvgIpc) is 3.05. The van der Waals surface area contributed by atoms with Gasteiger partial charge in [-0.25, -0.2) is 9.71 Å². The molecule has 0 bridgehead atoms. The molecule has 3 aromatic heterocycles. The molecule has 11 heteroatoms. The van der Waals surface area contributed by atoms with Gasteiger partial charge in [-0.3, -0.25) is 4.40 Å². The summed E-state index contributed by atoms with van der Waals surface area (Å²) in [5.74, 6) is 0.627. The minimum atomic E-state index is -3.91. The Morgan fingerprint density at radius 1 is 1.43 bits per heavy atom. The van der Waals surface area contributed by atoms with Crippen LogP contribution in [0.25, 0.3) is 4.96 Å². The lowest BCUT2D eigenvalue weighted by molar-refractivity contribution is 0.429. The number of imidazole rings is 1. The van der Waals surface area contributed by atoms with Gasteiger partial charge in [-0.05, 0) is 13.8 Å². The molecule has 3 heterocycles. The van der Waals surface area contributed by atoms with E-state index in [2.05, 4.69) is 25.2 Å². The molecular weight excluding hydrogens is 316 g/mol. The quantitative estimate of drug-likeness (QED) is 0.726. The molecule has 0 unspecified atom stereocenters. The molecule has 0 fully saturated rings. The van der Waals surface area contributed by atoms with E-state index in [1.54, 1.807) is 18.5 Å². The van der Waals surface area contributed by atoms with Crippen molar-refractivity contribution in [2.75, 3.05) is 16.6 Å². The predicted octanol–water partition coefficient (Wildman–Crippen LogP) is 1.32. The van der Waals surface area contributed by atoms with E-state index < -0.39 is 10.0 Å². The number of hydrogen-bond acceptors (Lipinski definition) is 8. The van der Waals surface area contributed by atoms with Gasteiger partial charge in [0.2, 0.25) is 5.03 Å². The Hall–Kier alpha value is -2.14. The lowest BCUT2D eigenvalue weighted by atomic mass is 10.6. The number of anilines is 2. The monoisotopic (exact) mass is 328 g/mol. The number of rotatable bonds is 5.